The number of aryl methyl sites for hydroxylation is 2. The van der Waals surface area contributed by atoms with Crippen molar-refractivity contribution >= 4 is 10.0 Å². The lowest BCUT2D eigenvalue weighted by atomic mass is 10.1. The first kappa shape index (κ1) is 13.5. The fourth-order valence-electron chi connectivity index (χ4n) is 2.33. The van der Waals surface area contributed by atoms with Crippen LogP contribution in [0.25, 0.3) is 0 Å². The lowest BCUT2D eigenvalue weighted by Gasteiger charge is -2.23. The van der Waals surface area contributed by atoms with Gasteiger partial charge in [0.15, 0.2) is 0 Å². The highest BCUT2D eigenvalue weighted by molar-refractivity contribution is 7.89. The molecule has 0 aliphatic carbocycles. The molecule has 1 atom stereocenters. The van der Waals surface area contributed by atoms with Gasteiger partial charge in [0.2, 0.25) is 10.0 Å². The minimum Gasteiger partial charge on any atom is -0.315 e. The standard InChI is InChI=1S/C13H20N2O2S/c1-10-6-11(2)8-13(7-10)18(16,17)15-12-4-3-5-14-9-12/h6-8,12,14-15H,3-5,9H2,1-2H3/t12-/m1/s1. The number of sulfonamides is 1. The first-order valence-electron chi connectivity index (χ1n) is 6.29. The Labute approximate surface area is 109 Å². The molecule has 0 aromatic heterocycles. The second-order valence-corrected chi connectivity index (χ2v) is 6.70. The van der Waals surface area contributed by atoms with Crippen molar-refractivity contribution in [3.63, 3.8) is 0 Å². The first-order chi connectivity index (χ1) is 8.47. The highest BCUT2D eigenvalue weighted by atomic mass is 32.2. The van der Waals surface area contributed by atoms with E-state index in [9.17, 15) is 8.42 Å². The molecule has 100 valence electrons. The smallest absolute Gasteiger partial charge is 0.240 e. The van der Waals surface area contributed by atoms with Gasteiger partial charge in [-0.15, -0.1) is 0 Å². The van der Waals surface area contributed by atoms with Crippen molar-refractivity contribution in [3.8, 4) is 0 Å². The molecule has 1 aliphatic rings. The summed E-state index contributed by atoms with van der Waals surface area (Å²) in [7, 11) is -3.39. The van der Waals surface area contributed by atoms with Crippen molar-refractivity contribution < 1.29 is 8.42 Å². The molecule has 0 saturated carbocycles. The van der Waals surface area contributed by atoms with Crippen molar-refractivity contribution in [2.45, 2.75) is 37.6 Å². The van der Waals surface area contributed by atoms with E-state index in [1.165, 1.54) is 0 Å². The molecule has 1 fully saturated rings. The van der Waals surface area contributed by atoms with Crippen molar-refractivity contribution in [3.05, 3.63) is 29.3 Å². The van der Waals surface area contributed by atoms with E-state index in [1.807, 2.05) is 19.9 Å². The Kier molecular flexibility index (Phi) is 4.04. The quantitative estimate of drug-likeness (QED) is 0.869. The molecule has 0 unspecified atom stereocenters. The van der Waals surface area contributed by atoms with E-state index in [1.54, 1.807) is 12.1 Å². The molecule has 2 rings (SSSR count). The fraction of sp³-hybridized carbons (Fsp3) is 0.538. The summed E-state index contributed by atoms with van der Waals surface area (Å²) in [5, 5.41) is 3.20. The third-order valence-corrected chi connectivity index (χ3v) is 4.62. The predicted octanol–water partition coefficient (Wildman–Crippen LogP) is 1.33. The summed E-state index contributed by atoms with van der Waals surface area (Å²) in [6.07, 6.45) is 1.91. The van der Waals surface area contributed by atoms with Crippen LogP contribution in [0.5, 0.6) is 0 Å². The van der Waals surface area contributed by atoms with Crippen LogP contribution < -0.4 is 10.0 Å². The number of nitrogens with one attached hydrogen (secondary N) is 2. The second-order valence-electron chi connectivity index (χ2n) is 4.99. The molecule has 4 nitrogen and oxygen atoms in total. The summed E-state index contributed by atoms with van der Waals surface area (Å²) in [6.45, 7) is 5.51. The summed E-state index contributed by atoms with van der Waals surface area (Å²) in [5.74, 6) is 0. The van der Waals surface area contributed by atoms with Crippen LogP contribution in [0.1, 0.15) is 24.0 Å². The zero-order chi connectivity index (χ0) is 13.2. The fourth-order valence-corrected chi connectivity index (χ4v) is 3.79. The SMILES string of the molecule is Cc1cc(C)cc(S(=O)(=O)N[C@@H]2CCCNC2)c1. The molecular formula is C13H20N2O2S. The largest absolute Gasteiger partial charge is 0.315 e. The van der Waals surface area contributed by atoms with Gasteiger partial charge in [-0.05, 0) is 56.5 Å². The van der Waals surface area contributed by atoms with Gasteiger partial charge in [-0.25, -0.2) is 13.1 Å². The molecule has 1 saturated heterocycles. The number of rotatable bonds is 3. The average Bonchev–Trinajstić information content (AvgIpc) is 2.28. The van der Waals surface area contributed by atoms with E-state index in [4.69, 9.17) is 0 Å². The van der Waals surface area contributed by atoms with Gasteiger partial charge >= 0.3 is 0 Å². The zero-order valence-electron chi connectivity index (χ0n) is 10.9. The molecule has 1 heterocycles. The molecule has 5 heteroatoms. The van der Waals surface area contributed by atoms with Gasteiger partial charge in [-0.3, -0.25) is 0 Å². The summed E-state index contributed by atoms with van der Waals surface area (Å²) in [6, 6.07) is 5.41. The molecule has 1 aliphatic heterocycles. The molecule has 1 aromatic carbocycles. The van der Waals surface area contributed by atoms with Crippen LogP contribution >= 0.6 is 0 Å². The molecular weight excluding hydrogens is 248 g/mol. The average molecular weight is 268 g/mol. The molecule has 18 heavy (non-hydrogen) atoms. The first-order valence-corrected chi connectivity index (χ1v) is 7.77. The van der Waals surface area contributed by atoms with Crippen molar-refractivity contribution in [2.24, 2.45) is 0 Å². The van der Waals surface area contributed by atoms with Crippen molar-refractivity contribution in [1.82, 2.24) is 10.0 Å². The van der Waals surface area contributed by atoms with Gasteiger partial charge < -0.3 is 5.32 Å². The third kappa shape index (κ3) is 3.31. The van der Waals surface area contributed by atoms with E-state index in [0.717, 1.165) is 30.5 Å². The Morgan fingerprint density at radius 2 is 1.89 bits per heavy atom. The van der Waals surface area contributed by atoms with Crippen LogP contribution in [0, 0.1) is 13.8 Å². The Morgan fingerprint density at radius 1 is 1.22 bits per heavy atom. The Balaban J connectivity index is 2.19. The van der Waals surface area contributed by atoms with Crippen LogP contribution in [0.3, 0.4) is 0 Å². The van der Waals surface area contributed by atoms with E-state index < -0.39 is 10.0 Å². The summed E-state index contributed by atoms with van der Waals surface area (Å²) < 4.78 is 27.3. The van der Waals surface area contributed by atoms with Gasteiger partial charge in [-0.1, -0.05) is 6.07 Å². The Morgan fingerprint density at radius 3 is 2.44 bits per heavy atom. The monoisotopic (exact) mass is 268 g/mol. The lowest BCUT2D eigenvalue weighted by molar-refractivity contribution is 0.428. The number of piperidine rings is 1. The van der Waals surface area contributed by atoms with Crippen LogP contribution in [0.2, 0.25) is 0 Å². The predicted molar refractivity (Wildman–Crippen MR) is 72.1 cm³/mol. The van der Waals surface area contributed by atoms with E-state index >= 15 is 0 Å². The van der Waals surface area contributed by atoms with Crippen LogP contribution in [-0.4, -0.2) is 27.5 Å². The Bertz CT molecular complexity index is 500. The molecule has 0 radical (unpaired) electrons. The maximum atomic E-state index is 12.3. The number of hydrogen-bond acceptors (Lipinski definition) is 3. The highest BCUT2D eigenvalue weighted by Crippen LogP contribution is 2.15. The molecule has 1 aromatic rings. The van der Waals surface area contributed by atoms with Gasteiger partial charge in [0.05, 0.1) is 4.90 Å². The number of hydrogen-bond donors (Lipinski definition) is 2. The normalized spacial score (nSPS) is 20.9. The Hall–Kier alpha value is -0.910. The van der Waals surface area contributed by atoms with E-state index in [0.29, 0.717) is 11.4 Å². The topological polar surface area (TPSA) is 58.2 Å². The van der Waals surface area contributed by atoms with Crippen LogP contribution in [0.4, 0.5) is 0 Å². The minimum absolute atomic E-state index is 0.00423. The van der Waals surface area contributed by atoms with Gasteiger partial charge in [0.25, 0.3) is 0 Å². The molecule has 0 bridgehead atoms. The zero-order valence-corrected chi connectivity index (χ0v) is 11.7. The van der Waals surface area contributed by atoms with Gasteiger partial charge in [0, 0.05) is 12.6 Å². The number of benzene rings is 1. The lowest BCUT2D eigenvalue weighted by Crippen LogP contribution is -2.45. The minimum atomic E-state index is -3.39. The molecule has 2 N–H and O–H groups in total. The summed E-state index contributed by atoms with van der Waals surface area (Å²) in [4.78, 5) is 0.366. The summed E-state index contributed by atoms with van der Waals surface area (Å²) >= 11 is 0. The van der Waals surface area contributed by atoms with E-state index in [2.05, 4.69) is 10.0 Å². The maximum Gasteiger partial charge on any atom is 0.240 e. The van der Waals surface area contributed by atoms with Crippen molar-refractivity contribution in [2.75, 3.05) is 13.1 Å². The second kappa shape index (κ2) is 5.38. The highest BCUT2D eigenvalue weighted by Gasteiger charge is 2.21. The van der Waals surface area contributed by atoms with Gasteiger partial charge in [-0.2, -0.15) is 0 Å². The van der Waals surface area contributed by atoms with E-state index in [-0.39, 0.29) is 6.04 Å². The van der Waals surface area contributed by atoms with Crippen LogP contribution in [-0.2, 0) is 10.0 Å². The third-order valence-electron chi connectivity index (χ3n) is 3.12. The molecule has 0 amide bonds. The summed E-state index contributed by atoms with van der Waals surface area (Å²) in [5.41, 5.74) is 1.94. The van der Waals surface area contributed by atoms with Gasteiger partial charge in [0.1, 0.15) is 0 Å². The van der Waals surface area contributed by atoms with Crippen molar-refractivity contribution in [1.29, 1.82) is 0 Å². The maximum absolute atomic E-state index is 12.3. The molecule has 0 spiro atoms. The van der Waals surface area contributed by atoms with Crippen LogP contribution in [0.15, 0.2) is 23.1 Å².